The molecule has 1 heterocycles. The van der Waals surface area contributed by atoms with Crippen LogP contribution in [0.2, 0.25) is 0 Å². The van der Waals surface area contributed by atoms with Gasteiger partial charge in [0.15, 0.2) is 0 Å². The molecule has 0 radical (unpaired) electrons. The van der Waals surface area contributed by atoms with Gasteiger partial charge in [0, 0.05) is 18.8 Å². The van der Waals surface area contributed by atoms with Crippen LogP contribution in [-0.2, 0) is 0 Å². The van der Waals surface area contributed by atoms with Crippen molar-refractivity contribution in [3.05, 3.63) is 29.8 Å². The van der Waals surface area contributed by atoms with Crippen LogP contribution in [0, 0.1) is 12.8 Å². The molecule has 1 fully saturated rings. The van der Waals surface area contributed by atoms with Gasteiger partial charge in [0.1, 0.15) is 0 Å². The van der Waals surface area contributed by atoms with E-state index < -0.39 is 0 Å². The van der Waals surface area contributed by atoms with E-state index in [1.807, 2.05) is 0 Å². The second kappa shape index (κ2) is 5.52. The van der Waals surface area contributed by atoms with E-state index in [9.17, 15) is 5.11 Å². The maximum Gasteiger partial charge on any atom is 0.0647 e. The Morgan fingerprint density at radius 3 is 2.82 bits per heavy atom. The lowest BCUT2D eigenvalue weighted by atomic mass is 10.1. The Hall–Kier alpha value is -1.06. The minimum absolute atomic E-state index is 0.182. The Kier molecular flexibility index (Phi) is 4.02. The van der Waals surface area contributed by atoms with Crippen molar-refractivity contribution in [2.45, 2.75) is 19.9 Å². The first-order valence-corrected chi connectivity index (χ1v) is 6.36. The summed E-state index contributed by atoms with van der Waals surface area (Å²) in [5.74, 6) is 0.603. The number of rotatable bonds is 2. The number of nitrogens with one attached hydrogen (secondary N) is 1. The number of nitrogens with zero attached hydrogens (tertiary/aromatic N) is 1. The van der Waals surface area contributed by atoms with Crippen LogP contribution in [0.1, 0.15) is 12.5 Å². The van der Waals surface area contributed by atoms with Crippen LogP contribution in [0.25, 0.3) is 0 Å². The smallest absolute Gasteiger partial charge is 0.0647 e. The number of hydrogen-bond acceptors (Lipinski definition) is 3. The summed E-state index contributed by atoms with van der Waals surface area (Å²) in [6, 6.07) is 8.59. The third-order valence-electron chi connectivity index (χ3n) is 3.46. The number of anilines is 1. The third-order valence-corrected chi connectivity index (χ3v) is 3.46. The normalized spacial score (nSPS) is 25.7. The zero-order chi connectivity index (χ0) is 12.3. The van der Waals surface area contributed by atoms with Gasteiger partial charge in [0.2, 0.25) is 0 Å². The van der Waals surface area contributed by atoms with E-state index in [-0.39, 0.29) is 12.6 Å². The molecule has 17 heavy (non-hydrogen) atoms. The average molecular weight is 234 g/mol. The van der Waals surface area contributed by atoms with Crippen LogP contribution < -0.4 is 10.2 Å². The molecule has 2 rings (SSSR count). The van der Waals surface area contributed by atoms with Gasteiger partial charge in [0.05, 0.1) is 12.6 Å². The monoisotopic (exact) mass is 234 g/mol. The number of aliphatic hydroxyl groups excluding tert-OH is 1. The molecule has 3 nitrogen and oxygen atoms in total. The Morgan fingerprint density at radius 1 is 1.35 bits per heavy atom. The Balaban J connectivity index is 2.28. The summed E-state index contributed by atoms with van der Waals surface area (Å²) in [5.41, 5.74) is 2.53. The fourth-order valence-electron chi connectivity index (χ4n) is 2.50. The van der Waals surface area contributed by atoms with Crippen molar-refractivity contribution >= 4 is 5.69 Å². The minimum atomic E-state index is 0.182. The van der Waals surface area contributed by atoms with Crippen LogP contribution in [0.15, 0.2) is 24.3 Å². The van der Waals surface area contributed by atoms with Gasteiger partial charge in [-0.25, -0.2) is 0 Å². The van der Waals surface area contributed by atoms with Crippen molar-refractivity contribution in [3.8, 4) is 0 Å². The molecule has 0 saturated carbocycles. The molecule has 0 amide bonds. The predicted octanol–water partition coefficient (Wildman–Crippen LogP) is 1.40. The van der Waals surface area contributed by atoms with Gasteiger partial charge in [-0.05, 0) is 31.0 Å². The molecule has 1 aromatic rings. The molecule has 0 aliphatic carbocycles. The molecule has 2 N–H and O–H groups in total. The highest BCUT2D eigenvalue weighted by atomic mass is 16.3. The molecule has 3 heteroatoms. The van der Waals surface area contributed by atoms with E-state index in [0.29, 0.717) is 5.92 Å². The van der Waals surface area contributed by atoms with Gasteiger partial charge >= 0.3 is 0 Å². The molecule has 1 aromatic carbocycles. The summed E-state index contributed by atoms with van der Waals surface area (Å²) in [6.07, 6.45) is 0. The quantitative estimate of drug-likeness (QED) is 0.812. The molecular weight excluding hydrogens is 212 g/mol. The maximum atomic E-state index is 9.54. The van der Waals surface area contributed by atoms with E-state index in [1.54, 1.807) is 0 Å². The summed E-state index contributed by atoms with van der Waals surface area (Å²) >= 11 is 0. The lowest BCUT2D eigenvalue weighted by Crippen LogP contribution is -2.43. The first-order valence-electron chi connectivity index (χ1n) is 6.36. The maximum absolute atomic E-state index is 9.54. The summed E-state index contributed by atoms with van der Waals surface area (Å²) < 4.78 is 0. The lowest BCUT2D eigenvalue weighted by molar-refractivity contribution is 0.259. The van der Waals surface area contributed by atoms with Gasteiger partial charge < -0.3 is 15.3 Å². The lowest BCUT2D eigenvalue weighted by Gasteiger charge is -2.32. The predicted molar refractivity (Wildman–Crippen MR) is 71.4 cm³/mol. The summed E-state index contributed by atoms with van der Waals surface area (Å²) in [4.78, 5) is 2.35. The van der Waals surface area contributed by atoms with Crippen molar-refractivity contribution in [1.29, 1.82) is 0 Å². The molecule has 2 unspecified atom stereocenters. The second-order valence-electron chi connectivity index (χ2n) is 5.04. The number of hydrogen-bond donors (Lipinski definition) is 2. The van der Waals surface area contributed by atoms with Gasteiger partial charge in [-0.1, -0.05) is 25.1 Å². The second-order valence-corrected chi connectivity index (χ2v) is 5.04. The SMILES string of the molecule is Cc1ccccc1N1CC(C)CNCC1CO. The third kappa shape index (κ3) is 2.79. The van der Waals surface area contributed by atoms with E-state index in [0.717, 1.165) is 19.6 Å². The highest BCUT2D eigenvalue weighted by Gasteiger charge is 2.24. The van der Waals surface area contributed by atoms with Gasteiger partial charge in [0.25, 0.3) is 0 Å². The van der Waals surface area contributed by atoms with Crippen molar-refractivity contribution < 1.29 is 5.11 Å². The number of aryl methyl sites for hydroxylation is 1. The molecular formula is C14H22N2O. The minimum Gasteiger partial charge on any atom is -0.394 e. The Bertz CT molecular complexity index is 367. The molecule has 0 spiro atoms. The molecule has 1 aliphatic heterocycles. The number of benzene rings is 1. The topological polar surface area (TPSA) is 35.5 Å². The molecule has 1 aliphatic rings. The molecule has 0 aromatic heterocycles. The Morgan fingerprint density at radius 2 is 2.12 bits per heavy atom. The molecule has 94 valence electrons. The summed E-state index contributed by atoms with van der Waals surface area (Å²) in [5, 5.41) is 13.0. The standard InChI is InChI=1S/C14H22N2O/c1-11-7-15-8-13(10-17)16(9-11)14-6-4-3-5-12(14)2/h3-6,11,13,15,17H,7-10H2,1-2H3. The summed E-state index contributed by atoms with van der Waals surface area (Å²) in [6.45, 7) is 7.47. The van der Waals surface area contributed by atoms with Crippen LogP contribution >= 0.6 is 0 Å². The van der Waals surface area contributed by atoms with Crippen molar-refractivity contribution in [2.24, 2.45) is 5.92 Å². The van der Waals surface area contributed by atoms with Crippen molar-refractivity contribution in [3.63, 3.8) is 0 Å². The van der Waals surface area contributed by atoms with Gasteiger partial charge in [-0.3, -0.25) is 0 Å². The summed E-state index contributed by atoms with van der Waals surface area (Å²) in [7, 11) is 0. The Labute approximate surface area is 103 Å². The van der Waals surface area contributed by atoms with Crippen LogP contribution in [-0.4, -0.2) is 37.4 Å². The van der Waals surface area contributed by atoms with Crippen LogP contribution in [0.3, 0.4) is 0 Å². The molecule has 2 atom stereocenters. The van der Waals surface area contributed by atoms with Gasteiger partial charge in [-0.15, -0.1) is 0 Å². The molecule has 0 bridgehead atoms. The first-order chi connectivity index (χ1) is 8.22. The largest absolute Gasteiger partial charge is 0.394 e. The zero-order valence-electron chi connectivity index (χ0n) is 10.7. The van der Waals surface area contributed by atoms with Crippen molar-refractivity contribution in [1.82, 2.24) is 5.32 Å². The molecule has 1 saturated heterocycles. The fraction of sp³-hybridized carbons (Fsp3) is 0.571. The van der Waals surface area contributed by atoms with E-state index in [2.05, 4.69) is 48.3 Å². The number of aliphatic hydroxyl groups is 1. The van der Waals surface area contributed by atoms with Crippen LogP contribution in [0.4, 0.5) is 5.69 Å². The van der Waals surface area contributed by atoms with E-state index in [4.69, 9.17) is 0 Å². The number of para-hydroxylation sites is 1. The van der Waals surface area contributed by atoms with E-state index in [1.165, 1.54) is 11.3 Å². The van der Waals surface area contributed by atoms with Gasteiger partial charge in [-0.2, -0.15) is 0 Å². The van der Waals surface area contributed by atoms with E-state index >= 15 is 0 Å². The average Bonchev–Trinajstić information content (AvgIpc) is 2.51. The zero-order valence-corrected chi connectivity index (χ0v) is 10.7. The fourth-order valence-corrected chi connectivity index (χ4v) is 2.50. The highest BCUT2D eigenvalue weighted by Crippen LogP contribution is 2.23. The van der Waals surface area contributed by atoms with Crippen LogP contribution in [0.5, 0.6) is 0 Å². The highest BCUT2D eigenvalue weighted by molar-refractivity contribution is 5.54. The first kappa shape index (κ1) is 12.4. The van der Waals surface area contributed by atoms with Crippen molar-refractivity contribution in [2.75, 3.05) is 31.1 Å².